The Morgan fingerprint density at radius 2 is 2.04 bits per heavy atom. The number of amides is 1. The fourth-order valence-electron chi connectivity index (χ4n) is 4.98. The van der Waals surface area contributed by atoms with Crippen molar-refractivity contribution in [1.29, 1.82) is 0 Å². The first-order valence-corrected chi connectivity index (χ1v) is 11.4. The molecule has 1 amide bonds. The van der Waals surface area contributed by atoms with E-state index in [-0.39, 0.29) is 11.9 Å². The van der Waals surface area contributed by atoms with Crippen LogP contribution in [0.4, 0.5) is 0 Å². The number of fused-ring (bicyclic) bond motifs is 2. The number of carbonyl (C=O) groups excluding carboxylic acids is 1. The van der Waals surface area contributed by atoms with Crippen molar-refractivity contribution in [3.8, 4) is 0 Å². The molecule has 0 saturated carbocycles. The molecule has 0 radical (unpaired) electrons. The number of carbonyl (C=O) groups is 1. The maximum atomic E-state index is 13.4. The number of aryl methyl sites for hydroxylation is 2. The van der Waals surface area contributed by atoms with Gasteiger partial charge in [-0.25, -0.2) is 0 Å². The van der Waals surface area contributed by atoms with E-state index in [1.807, 2.05) is 0 Å². The summed E-state index contributed by atoms with van der Waals surface area (Å²) in [7, 11) is 0. The summed E-state index contributed by atoms with van der Waals surface area (Å²) >= 11 is 1.73. The minimum Gasteiger partial charge on any atom is -0.328 e. The van der Waals surface area contributed by atoms with Crippen molar-refractivity contribution >= 4 is 17.2 Å². The molecule has 0 unspecified atom stereocenters. The topological polar surface area (TPSA) is 51.0 Å². The standard InChI is InChI=1S/C21H28N4OS/c1-14-8-9-17-15(12-14)13-18(27-17)21(26)24-11-5-6-16(24)20-23-22-19-7-3-2-4-10-25(19)20/h13-14,16H,2-12H2,1H3/t14-,16+/m0/s1. The molecule has 5 nitrogen and oxygen atoms in total. The molecule has 5 rings (SSSR count). The zero-order valence-electron chi connectivity index (χ0n) is 16.1. The first-order chi connectivity index (χ1) is 13.2. The van der Waals surface area contributed by atoms with Crippen molar-refractivity contribution in [2.45, 2.75) is 77.3 Å². The van der Waals surface area contributed by atoms with Gasteiger partial charge in [0.25, 0.3) is 5.91 Å². The summed E-state index contributed by atoms with van der Waals surface area (Å²) in [5.41, 5.74) is 1.41. The smallest absolute Gasteiger partial charge is 0.264 e. The molecule has 6 heteroatoms. The monoisotopic (exact) mass is 384 g/mol. The van der Waals surface area contributed by atoms with Crippen molar-refractivity contribution in [1.82, 2.24) is 19.7 Å². The van der Waals surface area contributed by atoms with Crippen molar-refractivity contribution in [2.75, 3.05) is 6.54 Å². The Hall–Kier alpha value is -1.69. The molecule has 2 aromatic rings. The van der Waals surface area contributed by atoms with E-state index in [4.69, 9.17) is 0 Å². The van der Waals surface area contributed by atoms with E-state index >= 15 is 0 Å². The van der Waals surface area contributed by atoms with Gasteiger partial charge in [0.05, 0.1) is 10.9 Å². The molecule has 2 aliphatic heterocycles. The predicted octanol–water partition coefficient (Wildman–Crippen LogP) is 4.17. The maximum absolute atomic E-state index is 13.4. The summed E-state index contributed by atoms with van der Waals surface area (Å²) in [6, 6.07) is 2.27. The van der Waals surface area contributed by atoms with Crippen molar-refractivity contribution in [3.05, 3.63) is 33.0 Å². The van der Waals surface area contributed by atoms with Gasteiger partial charge >= 0.3 is 0 Å². The molecule has 1 saturated heterocycles. The molecule has 1 fully saturated rings. The Kier molecular flexibility index (Phi) is 4.54. The van der Waals surface area contributed by atoms with Gasteiger partial charge in [0.15, 0.2) is 5.82 Å². The van der Waals surface area contributed by atoms with E-state index < -0.39 is 0 Å². The van der Waals surface area contributed by atoms with E-state index in [1.165, 1.54) is 36.1 Å². The van der Waals surface area contributed by atoms with E-state index in [1.54, 1.807) is 11.3 Å². The third-order valence-electron chi connectivity index (χ3n) is 6.49. The molecule has 144 valence electrons. The molecule has 0 bridgehead atoms. The van der Waals surface area contributed by atoms with Gasteiger partial charge in [-0.2, -0.15) is 0 Å². The average molecular weight is 385 g/mol. The number of hydrogen-bond acceptors (Lipinski definition) is 4. The van der Waals surface area contributed by atoms with Crippen LogP contribution in [0.3, 0.4) is 0 Å². The molecule has 0 N–H and O–H groups in total. The van der Waals surface area contributed by atoms with Crippen LogP contribution in [0, 0.1) is 5.92 Å². The van der Waals surface area contributed by atoms with Crippen LogP contribution in [0.1, 0.15) is 83.3 Å². The quantitative estimate of drug-likeness (QED) is 0.781. The summed E-state index contributed by atoms with van der Waals surface area (Å²) in [5, 5.41) is 9.01. The lowest BCUT2D eigenvalue weighted by Gasteiger charge is -2.24. The molecule has 3 aliphatic rings. The SMILES string of the molecule is C[C@H]1CCc2sc(C(=O)N3CCC[C@@H]3c3nnc4n3CCCCC4)cc2C1. The number of thiophene rings is 1. The summed E-state index contributed by atoms with van der Waals surface area (Å²) in [6.07, 6.45) is 10.2. The first-order valence-electron chi connectivity index (χ1n) is 10.5. The van der Waals surface area contributed by atoms with Crippen molar-refractivity contribution < 1.29 is 4.79 Å². The highest BCUT2D eigenvalue weighted by Crippen LogP contribution is 2.37. The molecule has 1 aliphatic carbocycles. The van der Waals surface area contributed by atoms with Gasteiger partial charge in [-0.05, 0) is 62.5 Å². The van der Waals surface area contributed by atoms with Crippen LogP contribution in [0.25, 0.3) is 0 Å². The van der Waals surface area contributed by atoms with Crippen LogP contribution >= 0.6 is 11.3 Å². The molecule has 2 aromatic heterocycles. The van der Waals surface area contributed by atoms with Crippen LogP contribution in [-0.2, 0) is 25.8 Å². The number of hydrogen-bond donors (Lipinski definition) is 0. The lowest BCUT2D eigenvalue weighted by molar-refractivity contribution is 0.0732. The van der Waals surface area contributed by atoms with Gasteiger partial charge in [-0.15, -0.1) is 21.5 Å². The third kappa shape index (κ3) is 3.12. The second-order valence-corrected chi connectivity index (χ2v) is 9.64. The fourth-order valence-corrected chi connectivity index (χ4v) is 6.15. The van der Waals surface area contributed by atoms with E-state index in [2.05, 4.69) is 32.7 Å². The highest BCUT2D eigenvalue weighted by Gasteiger charge is 2.36. The lowest BCUT2D eigenvalue weighted by atomic mass is 9.90. The van der Waals surface area contributed by atoms with Gasteiger partial charge < -0.3 is 9.47 Å². The zero-order chi connectivity index (χ0) is 18.4. The Morgan fingerprint density at radius 3 is 2.96 bits per heavy atom. The summed E-state index contributed by atoms with van der Waals surface area (Å²) in [5.74, 6) is 3.08. The molecule has 27 heavy (non-hydrogen) atoms. The molecule has 4 heterocycles. The second-order valence-electron chi connectivity index (χ2n) is 8.50. The lowest BCUT2D eigenvalue weighted by Crippen LogP contribution is -2.31. The van der Waals surface area contributed by atoms with Gasteiger partial charge in [-0.1, -0.05) is 13.3 Å². The van der Waals surface area contributed by atoms with E-state index in [9.17, 15) is 4.79 Å². The maximum Gasteiger partial charge on any atom is 0.264 e. The summed E-state index contributed by atoms with van der Waals surface area (Å²) in [4.78, 5) is 17.8. The number of rotatable bonds is 2. The van der Waals surface area contributed by atoms with Crippen LogP contribution in [0.15, 0.2) is 6.07 Å². The highest BCUT2D eigenvalue weighted by molar-refractivity contribution is 7.14. The fraction of sp³-hybridized carbons (Fsp3) is 0.667. The van der Waals surface area contributed by atoms with Crippen molar-refractivity contribution in [2.24, 2.45) is 5.92 Å². The van der Waals surface area contributed by atoms with Crippen LogP contribution < -0.4 is 0 Å². The van der Waals surface area contributed by atoms with Crippen LogP contribution in [0.2, 0.25) is 0 Å². The Labute approximate surface area is 164 Å². The van der Waals surface area contributed by atoms with Gasteiger partial charge in [0, 0.05) is 24.4 Å². The van der Waals surface area contributed by atoms with Gasteiger partial charge in [0.1, 0.15) is 5.82 Å². The minimum atomic E-state index is 0.0925. The van der Waals surface area contributed by atoms with Crippen molar-refractivity contribution in [3.63, 3.8) is 0 Å². The molecule has 0 aromatic carbocycles. The first kappa shape index (κ1) is 17.4. The second kappa shape index (κ2) is 7.04. The normalized spacial score (nSPS) is 25.1. The largest absolute Gasteiger partial charge is 0.328 e. The molecular formula is C21H28N4OS. The zero-order valence-corrected chi connectivity index (χ0v) is 16.9. The number of aromatic nitrogens is 3. The van der Waals surface area contributed by atoms with E-state index in [0.717, 1.165) is 67.6 Å². The summed E-state index contributed by atoms with van der Waals surface area (Å²) in [6.45, 7) is 4.15. The van der Waals surface area contributed by atoms with Crippen LogP contribution in [-0.4, -0.2) is 32.1 Å². The Morgan fingerprint density at radius 1 is 1.11 bits per heavy atom. The summed E-state index contributed by atoms with van der Waals surface area (Å²) < 4.78 is 2.31. The molecular weight excluding hydrogens is 356 g/mol. The van der Waals surface area contributed by atoms with Gasteiger partial charge in [-0.3, -0.25) is 4.79 Å². The average Bonchev–Trinajstić information content (AvgIpc) is 3.35. The predicted molar refractivity (Wildman–Crippen MR) is 106 cm³/mol. The molecule has 2 atom stereocenters. The van der Waals surface area contributed by atoms with Crippen LogP contribution in [0.5, 0.6) is 0 Å². The third-order valence-corrected chi connectivity index (χ3v) is 7.71. The van der Waals surface area contributed by atoms with E-state index in [0.29, 0.717) is 0 Å². The Balaban J connectivity index is 1.42. The Bertz CT molecular complexity index is 854. The number of nitrogens with zero attached hydrogens (tertiary/aromatic N) is 4. The molecule has 0 spiro atoms. The number of likely N-dealkylation sites (tertiary alicyclic amines) is 1. The minimum absolute atomic E-state index is 0.0925. The van der Waals surface area contributed by atoms with Gasteiger partial charge in [0.2, 0.25) is 0 Å². The highest BCUT2D eigenvalue weighted by atomic mass is 32.1.